The van der Waals surface area contributed by atoms with Crippen molar-refractivity contribution in [1.29, 1.82) is 0 Å². The van der Waals surface area contributed by atoms with Gasteiger partial charge in [-0.25, -0.2) is 4.98 Å². The number of nitrogens with two attached hydrogens (primary N) is 1. The number of nitrogen functional groups attached to an aromatic ring is 1. The third kappa shape index (κ3) is 2.62. The number of nitrogens with zero attached hydrogens (tertiary/aromatic N) is 2. The molecule has 2 rings (SSSR count). The molecule has 0 saturated heterocycles. The standard InChI is InChI=1S/C12H13ClN4O/c1-7-10(14)11(17-12(13)15-7)16-8-4-3-5-9(6-8)18-2/h3-6H,14H2,1-2H3,(H,15,16,17). The Hall–Kier alpha value is -2.01. The van der Waals surface area contributed by atoms with Gasteiger partial charge in [-0.15, -0.1) is 0 Å². The van der Waals surface area contributed by atoms with E-state index in [0.29, 0.717) is 17.2 Å². The summed E-state index contributed by atoms with van der Waals surface area (Å²) >= 11 is 5.80. The summed E-state index contributed by atoms with van der Waals surface area (Å²) in [6, 6.07) is 7.44. The monoisotopic (exact) mass is 264 g/mol. The first-order valence-electron chi connectivity index (χ1n) is 5.31. The van der Waals surface area contributed by atoms with Gasteiger partial charge in [-0.3, -0.25) is 0 Å². The van der Waals surface area contributed by atoms with E-state index in [-0.39, 0.29) is 5.28 Å². The lowest BCUT2D eigenvalue weighted by Gasteiger charge is -2.10. The second-order valence-corrected chi connectivity index (χ2v) is 4.04. The lowest BCUT2D eigenvalue weighted by molar-refractivity contribution is 0.415. The Bertz CT molecular complexity index is 574. The number of aryl methyl sites for hydroxylation is 1. The Labute approximate surface area is 110 Å². The lowest BCUT2D eigenvalue weighted by Crippen LogP contribution is -2.03. The molecule has 0 aliphatic rings. The van der Waals surface area contributed by atoms with E-state index in [4.69, 9.17) is 22.1 Å². The molecule has 0 amide bonds. The summed E-state index contributed by atoms with van der Waals surface area (Å²) in [7, 11) is 1.61. The molecule has 0 saturated carbocycles. The fraction of sp³-hybridized carbons (Fsp3) is 0.167. The molecule has 5 nitrogen and oxygen atoms in total. The van der Waals surface area contributed by atoms with Gasteiger partial charge < -0.3 is 15.8 Å². The number of methoxy groups -OCH3 is 1. The van der Waals surface area contributed by atoms with E-state index in [1.807, 2.05) is 24.3 Å². The third-order valence-corrected chi connectivity index (χ3v) is 2.61. The van der Waals surface area contributed by atoms with Crippen LogP contribution in [0.2, 0.25) is 5.28 Å². The van der Waals surface area contributed by atoms with Crippen molar-refractivity contribution in [2.24, 2.45) is 0 Å². The molecule has 0 bridgehead atoms. The molecule has 1 heterocycles. The number of rotatable bonds is 3. The molecule has 3 N–H and O–H groups in total. The topological polar surface area (TPSA) is 73.1 Å². The van der Waals surface area contributed by atoms with Gasteiger partial charge in [-0.1, -0.05) is 6.07 Å². The van der Waals surface area contributed by atoms with Crippen LogP contribution in [0.4, 0.5) is 17.2 Å². The van der Waals surface area contributed by atoms with Crippen LogP contribution in [0, 0.1) is 6.92 Å². The smallest absolute Gasteiger partial charge is 0.224 e. The van der Waals surface area contributed by atoms with E-state index in [2.05, 4.69) is 15.3 Å². The number of aromatic nitrogens is 2. The number of hydrogen-bond acceptors (Lipinski definition) is 5. The fourth-order valence-electron chi connectivity index (χ4n) is 1.48. The molecule has 0 aliphatic carbocycles. The lowest BCUT2D eigenvalue weighted by atomic mass is 10.3. The van der Waals surface area contributed by atoms with Crippen molar-refractivity contribution in [2.45, 2.75) is 6.92 Å². The van der Waals surface area contributed by atoms with Gasteiger partial charge >= 0.3 is 0 Å². The second-order valence-electron chi connectivity index (χ2n) is 3.70. The predicted octanol–water partition coefficient (Wildman–Crippen LogP) is 2.77. The van der Waals surface area contributed by atoms with Crippen LogP contribution in [0.1, 0.15) is 5.69 Å². The highest BCUT2D eigenvalue weighted by molar-refractivity contribution is 6.28. The number of nitrogens with one attached hydrogen (secondary N) is 1. The van der Waals surface area contributed by atoms with Crippen LogP contribution >= 0.6 is 11.6 Å². The first-order valence-corrected chi connectivity index (χ1v) is 5.68. The minimum Gasteiger partial charge on any atom is -0.497 e. The Balaban J connectivity index is 2.33. The molecule has 2 aromatic rings. The molecule has 94 valence electrons. The third-order valence-electron chi connectivity index (χ3n) is 2.44. The molecule has 0 radical (unpaired) electrons. The van der Waals surface area contributed by atoms with Crippen molar-refractivity contribution in [2.75, 3.05) is 18.2 Å². The van der Waals surface area contributed by atoms with E-state index < -0.39 is 0 Å². The summed E-state index contributed by atoms with van der Waals surface area (Å²) in [5.74, 6) is 1.23. The number of halogens is 1. The molecule has 18 heavy (non-hydrogen) atoms. The molecule has 0 unspecified atom stereocenters. The minimum absolute atomic E-state index is 0.159. The number of anilines is 3. The second kappa shape index (κ2) is 5.10. The maximum absolute atomic E-state index is 5.89. The Morgan fingerprint density at radius 3 is 2.83 bits per heavy atom. The summed E-state index contributed by atoms with van der Waals surface area (Å²) < 4.78 is 5.14. The zero-order valence-electron chi connectivity index (χ0n) is 10.1. The summed E-state index contributed by atoms with van der Waals surface area (Å²) in [5, 5.41) is 3.25. The highest BCUT2D eigenvalue weighted by Crippen LogP contribution is 2.26. The first kappa shape index (κ1) is 12.4. The van der Waals surface area contributed by atoms with E-state index >= 15 is 0 Å². The highest BCUT2D eigenvalue weighted by Gasteiger charge is 2.08. The van der Waals surface area contributed by atoms with E-state index in [1.165, 1.54) is 0 Å². The largest absolute Gasteiger partial charge is 0.497 e. The molecule has 1 aromatic carbocycles. The van der Waals surface area contributed by atoms with Crippen LogP contribution in [0.5, 0.6) is 5.75 Å². The SMILES string of the molecule is COc1cccc(Nc2nc(Cl)nc(C)c2N)c1. The van der Waals surface area contributed by atoms with Crippen LogP contribution in [0.25, 0.3) is 0 Å². The maximum atomic E-state index is 5.89. The normalized spacial score (nSPS) is 10.2. The van der Waals surface area contributed by atoms with Crippen molar-refractivity contribution >= 4 is 28.8 Å². The van der Waals surface area contributed by atoms with Crippen LogP contribution in [0.15, 0.2) is 24.3 Å². The van der Waals surface area contributed by atoms with Gasteiger partial charge in [-0.2, -0.15) is 4.98 Å². The van der Waals surface area contributed by atoms with Gasteiger partial charge in [0.2, 0.25) is 5.28 Å². The van der Waals surface area contributed by atoms with Crippen molar-refractivity contribution in [3.63, 3.8) is 0 Å². The summed E-state index contributed by atoms with van der Waals surface area (Å²) in [6.07, 6.45) is 0. The van der Waals surface area contributed by atoms with Gasteiger partial charge in [0.15, 0.2) is 5.82 Å². The van der Waals surface area contributed by atoms with Gasteiger partial charge in [0, 0.05) is 11.8 Å². The molecular weight excluding hydrogens is 252 g/mol. The Kier molecular flexibility index (Phi) is 3.53. The van der Waals surface area contributed by atoms with E-state index in [0.717, 1.165) is 11.4 Å². The Morgan fingerprint density at radius 1 is 1.33 bits per heavy atom. The molecular formula is C12H13ClN4O. The minimum atomic E-state index is 0.159. The summed E-state index contributed by atoms with van der Waals surface area (Å²) in [4.78, 5) is 8.04. The highest BCUT2D eigenvalue weighted by atomic mass is 35.5. The van der Waals surface area contributed by atoms with Gasteiger partial charge in [0.25, 0.3) is 0 Å². The van der Waals surface area contributed by atoms with E-state index in [1.54, 1.807) is 14.0 Å². The predicted molar refractivity (Wildman–Crippen MR) is 72.5 cm³/mol. The van der Waals surface area contributed by atoms with Crippen molar-refractivity contribution in [3.05, 3.63) is 35.2 Å². The number of hydrogen-bond donors (Lipinski definition) is 2. The van der Waals surface area contributed by atoms with Crippen LogP contribution < -0.4 is 15.8 Å². The molecule has 0 fully saturated rings. The van der Waals surface area contributed by atoms with Crippen molar-refractivity contribution < 1.29 is 4.74 Å². The van der Waals surface area contributed by atoms with Crippen molar-refractivity contribution in [3.8, 4) is 5.75 Å². The number of ether oxygens (including phenoxy) is 1. The summed E-state index contributed by atoms with van der Waals surface area (Å²) in [6.45, 7) is 1.78. The van der Waals surface area contributed by atoms with Gasteiger partial charge in [-0.05, 0) is 30.7 Å². The average Bonchev–Trinajstić information content (AvgIpc) is 2.35. The fourth-order valence-corrected chi connectivity index (χ4v) is 1.69. The van der Waals surface area contributed by atoms with Crippen molar-refractivity contribution in [1.82, 2.24) is 9.97 Å². The van der Waals surface area contributed by atoms with Gasteiger partial charge in [0.05, 0.1) is 18.5 Å². The first-order chi connectivity index (χ1) is 8.60. The zero-order chi connectivity index (χ0) is 13.1. The summed E-state index contributed by atoms with van der Waals surface area (Å²) in [5.41, 5.74) is 7.82. The number of benzene rings is 1. The Morgan fingerprint density at radius 2 is 2.11 bits per heavy atom. The van der Waals surface area contributed by atoms with Crippen LogP contribution in [0.3, 0.4) is 0 Å². The molecule has 0 spiro atoms. The maximum Gasteiger partial charge on any atom is 0.224 e. The molecule has 6 heteroatoms. The van der Waals surface area contributed by atoms with E-state index in [9.17, 15) is 0 Å². The quantitative estimate of drug-likeness (QED) is 0.834. The molecule has 0 aliphatic heterocycles. The molecule has 1 aromatic heterocycles. The van der Waals surface area contributed by atoms with Crippen LogP contribution in [-0.4, -0.2) is 17.1 Å². The molecule has 0 atom stereocenters. The average molecular weight is 265 g/mol. The van der Waals surface area contributed by atoms with Gasteiger partial charge in [0.1, 0.15) is 5.75 Å². The zero-order valence-corrected chi connectivity index (χ0v) is 10.8. The van der Waals surface area contributed by atoms with Crippen LogP contribution in [-0.2, 0) is 0 Å².